The highest BCUT2D eigenvalue weighted by Gasteiger charge is 2.53. The third-order valence-electron chi connectivity index (χ3n) is 6.20. The van der Waals surface area contributed by atoms with Crippen molar-refractivity contribution in [3.8, 4) is 11.3 Å². The van der Waals surface area contributed by atoms with Gasteiger partial charge < -0.3 is 10.8 Å². The van der Waals surface area contributed by atoms with Gasteiger partial charge in [0.1, 0.15) is 6.33 Å². The highest BCUT2D eigenvalue weighted by Crippen LogP contribution is 2.52. The maximum absolute atomic E-state index is 13.3. The van der Waals surface area contributed by atoms with Gasteiger partial charge in [-0.25, -0.2) is 22.9 Å². The molecule has 1 spiro atoms. The number of imidazole rings is 1. The van der Waals surface area contributed by atoms with Gasteiger partial charge in [0, 0.05) is 24.1 Å². The monoisotopic (exact) mass is 414 g/mol. The summed E-state index contributed by atoms with van der Waals surface area (Å²) in [7, 11) is -3.67. The van der Waals surface area contributed by atoms with E-state index in [1.165, 1.54) is 10.6 Å². The summed E-state index contributed by atoms with van der Waals surface area (Å²) < 4.78 is 29.7. The van der Waals surface area contributed by atoms with E-state index in [9.17, 15) is 13.5 Å². The molecule has 2 fully saturated rings. The van der Waals surface area contributed by atoms with E-state index >= 15 is 0 Å². The highest BCUT2D eigenvalue weighted by molar-refractivity contribution is 7.89. The van der Waals surface area contributed by atoms with Crippen molar-refractivity contribution in [3.63, 3.8) is 0 Å². The van der Waals surface area contributed by atoms with Gasteiger partial charge in [-0.1, -0.05) is 6.07 Å². The molecule has 1 saturated heterocycles. The van der Waals surface area contributed by atoms with Crippen LogP contribution in [0.2, 0.25) is 0 Å². The van der Waals surface area contributed by atoms with Crippen LogP contribution in [0.4, 0.5) is 5.82 Å². The molecule has 2 aliphatic rings. The number of aromatic nitrogens is 4. The fourth-order valence-electron chi connectivity index (χ4n) is 4.17. The maximum atomic E-state index is 13.3. The van der Waals surface area contributed by atoms with Crippen LogP contribution in [0, 0.1) is 12.3 Å². The molecule has 2 aromatic heterocycles. The van der Waals surface area contributed by atoms with Crippen molar-refractivity contribution in [2.45, 2.75) is 37.2 Å². The average molecular weight is 414 g/mol. The number of hydrogen-bond donors (Lipinski definition) is 2. The number of benzene rings is 1. The number of aryl methyl sites for hydroxylation is 1. The van der Waals surface area contributed by atoms with Crippen molar-refractivity contribution in [3.05, 3.63) is 36.3 Å². The Kier molecular flexibility index (Phi) is 3.96. The number of anilines is 1. The van der Waals surface area contributed by atoms with Gasteiger partial charge in [0.05, 0.1) is 22.9 Å². The molecule has 0 amide bonds. The molecule has 1 atom stereocenters. The number of nitrogen functional groups attached to an aromatic ring is 1. The highest BCUT2D eigenvalue weighted by atomic mass is 32.2. The number of nitrogens with two attached hydrogens (primary N) is 1. The molecule has 29 heavy (non-hydrogen) atoms. The Bertz CT molecular complexity index is 1220. The molecule has 10 heteroatoms. The van der Waals surface area contributed by atoms with Crippen molar-refractivity contribution in [2.24, 2.45) is 5.41 Å². The summed E-state index contributed by atoms with van der Waals surface area (Å²) in [6.07, 6.45) is 4.78. The predicted molar refractivity (Wildman–Crippen MR) is 106 cm³/mol. The number of hydrogen-bond acceptors (Lipinski definition) is 7. The fraction of sp³-hybridized carbons (Fsp3) is 0.421. The molecule has 3 aromatic rings. The second-order valence-electron chi connectivity index (χ2n) is 8.01. The lowest BCUT2D eigenvalue weighted by molar-refractivity contribution is 0.0388. The summed E-state index contributed by atoms with van der Waals surface area (Å²) in [6.45, 7) is 2.61. The van der Waals surface area contributed by atoms with Crippen LogP contribution in [0.15, 0.2) is 35.6 Å². The van der Waals surface area contributed by atoms with Crippen LogP contribution in [0.5, 0.6) is 0 Å². The first kappa shape index (κ1) is 18.5. The number of aliphatic hydroxyl groups excluding tert-OH is 1. The average Bonchev–Trinajstić information content (AvgIpc) is 3.33. The van der Waals surface area contributed by atoms with Crippen LogP contribution in [0.3, 0.4) is 0 Å². The second kappa shape index (κ2) is 6.22. The Morgan fingerprint density at radius 1 is 1.28 bits per heavy atom. The smallest absolute Gasteiger partial charge is 0.243 e. The van der Waals surface area contributed by atoms with Crippen LogP contribution in [-0.2, 0) is 10.0 Å². The third kappa shape index (κ3) is 2.82. The number of aliphatic hydroxyl groups is 1. The zero-order chi connectivity index (χ0) is 20.4. The molecule has 1 aliphatic carbocycles. The molecule has 9 nitrogen and oxygen atoms in total. The van der Waals surface area contributed by atoms with E-state index in [-0.39, 0.29) is 16.1 Å². The first-order valence-electron chi connectivity index (χ1n) is 9.55. The van der Waals surface area contributed by atoms with Crippen molar-refractivity contribution in [1.82, 2.24) is 23.9 Å². The van der Waals surface area contributed by atoms with E-state index in [2.05, 4.69) is 15.1 Å². The summed E-state index contributed by atoms with van der Waals surface area (Å²) in [5.41, 5.74) is 8.30. The lowest BCUT2D eigenvalue weighted by Crippen LogP contribution is -2.47. The first-order chi connectivity index (χ1) is 13.8. The fourth-order valence-corrected chi connectivity index (χ4v) is 5.75. The van der Waals surface area contributed by atoms with Gasteiger partial charge >= 0.3 is 0 Å². The summed E-state index contributed by atoms with van der Waals surface area (Å²) >= 11 is 0. The van der Waals surface area contributed by atoms with E-state index in [1.54, 1.807) is 28.9 Å². The summed E-state index contributed by atoms with van der Waals surface area (Å²) in [6, 6.07) is 5.08. The molecule has 1 aliphatic heterocycles. The number of rotatable bonds is 3. The second-order valence-corrected chi connectivity index (χ2v) is 9.94. The van der Waals surface area contributed by atoms with Gasteiger partial charge in [-0.2, -0.15) is 9.40 Å². The number of sulfonamides is 1. The van der Waals surface area contributed by atoms with Crippen LogP contribution in [0.25, 0.3) is 16.9 Å². The van der Waals surface area contributed by atoms with E-state index in [0.29, 0.717) is 30.9 Å². The Morgan fingerprint density at radius 3 is 2.83 bits per heavy atom. The minimum absolute atomic E-state index is 0.224. The topological polar surface area (TPSA) is 127 Å². The van der Waals surface area contributed by atoms with E-state index < -0.39 is 16.1 Å². The molecule has 3 N–H and O–H groups in total. The first-order valence-corrected chi connectivity index (χ1v) is 11.0. The van der Waals surface area contributed by atoms with Gasteiger partial charge in [0.15, 0.2) is 11.5 Å². The normalized spacial score (nSPS) is 21.7. The molecule has 1 unspecified atom stereocenters. The largest absolute Gasteiger partial charge is 0.392 e. The van der Waals surface area contributed by atoms with Crippen molar-refractivity contribution in [2.75, 3.05) is 18.8 Å². The molecule has 5 rings (SSSR count). The Morgan fingerprint density at radius 2 is 2.07 bits per heavy atom. The molecule has 3 heterocycles. The zero-order valence-electron chi connectivity index (χ0n) is 16.0. The Hall–Kier alpha value is -2.56. The molecular formula is C19H22N6O3S. The molecule has 1 aromatic carbocycles. The van der Waals surface area contributed by atoms with Gasteiger partial charge in [-0.05, 0) is 43.9 Å². The van der Waals surface area contributed by atoms with Crippen LogP contribution in [0.1, 0.15) is 24.8 Å². The predicted octanol–water partition coefficient (Wildman–Crippen LogP) is 1.22. The molecule has 1 saturated carbocycles. The van der Waals surface area contributed by atoms with Gasteiger partial charge in [-0.15, -0.1) is 0 Å². The van der Waals surface area contributed by atoms with E-state index in [4.69, 9.17) is 5.73 Å². The minimum Gasteiger partial charge on any atom is -0.392 e. The van der Waals surface area contributed by atoms with Crippen molar-refractivity contribution < 1.29 is 13.5 Å². The Labute approximate surface area is 168 Å². The van der Waals surface area contributed by atoms with Gasteiger partial charge in [0.25, 0.3) is 0 Å². The summed E-state index contributed by atoms with van der Waals surface area (Å²) in [4.78, 5) is 8.44. The SMILES string of the molecule is Cc1ccc(S(=O)(=O)N2CCC(O)C3(CC3)C2)cc1-c1cnc2c(N)ncnn12. The maximum Gasteiger partial charge on any atom is 0.243 e. The molecule has 152 valence electrons. The minimum atomic E-state index is -3.67. The third-order valence-corrected chi connectivity index (χ3v) is 8.04. The van der Waals surface area contributed by atoms with Crippen LogP contribution < -0.4 is 5.73 Å². The lowest BCUT2D eigenvalue weighted by atomic mass is 9.93. The summed E-state index contributed by atoms with van der Waals surface area (Å²) in [5, 5.41) is 14.4. The van der Waals surface area contributed by atoms with Gasteiger partial charge in [0.2, 0.25) is 10.0 Å². The van der Waals surface area contributed by atoms with Crippen molar-refractivity contribution in [1.29, 1.82) is 0 Å². The molecule has 0 radical (unpaired) electrons. The lowest BCUT2D eigenvalue weighted by Gasteiger charge is -2.35. The molecule has 0 bridgehead atoms. The van der Waals surface area contributed by atoms with Crippen LogP contribution >= 0.6 is 0 Å². The summed E-state index contributed by atoms with van der Waals surface area (Å²) in [5.74, 6) is 0.259. The zero-order valence-corrected chi connectivity index (χ0v) is 16.8. The number of piperidine rings is 1. The van der Waals surface area contributed by atoms with Crippen molar-refractivity contribution >= 4 is 21.5 Å². The molecular weight excluding hydrogens is 392 g/mol. The van der Waals surface area contributed by atoms with Crippen LogP contribution in [-0.4, -0.2) is 56.6 Å². The number of nitrogens with zero attached hydrogens (tertiary/aromatic N) is 5. The standard InChI is InChI=1S/C19H22N6O3S/c1-12-2-3-13(29(27,28)24-7-4-16(26)19(10-24)5-6-19)8-14(12)15-9-21-18-17(20)22-11-23-25(15)18/h2-3,8-9,11,16,26H,4-7,10H2,1H3,(H2,20,22,23). The number of fused-ring (bicyclic) bond motifs is 1. The van der Waals surface area contributed by atoms with E-state index in [0.717, 1.165) is 24.0 Å². The van der Waals surface area contributed by atoms with Gasteiger partial charge in [-0.3, -0.25) is 0 Å². The van der Waals surface area contributed by atoms with E-state index in [1.807, 2.05) is 6.92 Å². The Balaban J connectivity index is 1.56. The quantitative estimate of drug-likeness (QED) is 0.660.